The van der Waals surface area contributed by atoms with Crippen molar-refractivity contribution in [1.29, 1.82) is 0 Å². The molecular weight excluding hydrogens is 549 g/mol. The van der Waals surface area contributed by atoms with Gasteiger partial charge in [-0.3, -0.25) is 9.36 Å². The summed E-state index contributed by atoms with van der Waals surface area (Å²) in [5.74, 6) is -0.533. The van der Waals surface area contributed by atoms with Crippen molar-refractivity contribution in [3.05, 3.63) is 12.2 Å². The second kappa shape index (κ2) is 21.7. The SMILES string of the molecule is CCCCCC/C=C\CCCCCCCCC(=O)OC[C@@H](O)COP(=O)([O-])OC1[C@H](O)[C@H](O)C(O)[C@H](O)[C@H]1O.[NH4+]. The Morgan fingerprint density at radius 1 is 0.800 bits per heavy atom. The third-order valence-electron chi connectivity index (χ3n) is 6.58. The smallest absolute Gasteiger partial charge is 0.305 e. The number of unbranched alkanes of at least 4 members (excludes halogenated alkanes) is 10. The first kappa shape index (κ1) is 39.0. The lowest BCUT2D eigenvalue weighted by Crippen LogP contribution is -2.64. The van der Waals surface area contributed by atoms with Gasteiger partial charge in [-0.25, -0.2) is 0 Å². The Kier molecular flexibility index (Phi) is 21.2. The first-order valence-corrected chi connectivity index (χ1v) is 15.5. The number of esters is 1. The van der Waals surface area contributed by atoms with E-state index < -0.39 is 69.7 Å². The summed E-state index contributed by atoms with van der Waals surface area (Å²) in [6.45, 7) is 0.860. The largest absolute Gasteiger partial charge is 0.756 e. The minimum Gasteiger partial charge on any atom is -0.756 e. The van der Waals surface area contributed by atoms with Gasteiger partial charge in [0.05, 0.1) is 6.61 Å². The average Bonchev–Trinajstić information content (AvgIpc) is 2.91. The molecule has 3 unspecified atom stereocenters. The normalized spacial score (nSPS) is 27.2. The lowest BCUT2D eigenvalue weighted by molar-refractivity contribution is -0.261. The van der Waals surface area contributed by atoms with Gasteiger partial charge in [0, 0.05) is 6.42 Å². The van der Waals surface area contributed by atoms with Gasteiger partial charge in [0.25, 0.3) is 7.82 Å². The summed E-state index contributed by atoms with van der Waals surface area (Å²) < 4.78 is 25.9. The molecule has 0 aromatic rings. The van der Waals surface area contributed by atoms with Crippen LogP contribution < -0.4 is 11.0 Å². The van der Waals surface area contributed by atoms with Crippen molar-refractivity contribution in [2.45, 2.75) is 133 Å². The van der Waals surface area contributed by atoms with E-state index in [1.807, 2.05) is 0 Å². The molecule has 0 bridgehead atoms. The van der Waals surface area contributed by atoms with Crippen molar-refractivity contribution in [2.75, 3.05) is 13.2 Å². The van der Waals surface area contributed by atoms with E-state index in [1.165, 1.54) is 25.7 Å². The summed E-state index contributed by atoms with van der Waals surface area (Å²) in [6.07, 6.45) is 4.57. The van der Waals surface area contributed by atoms with Crippen LogP contribution >= 0.6 is 7.82 Å². The van der Waals surface area contributed by atoms with Crippen molar-refractivity contribution < 1.29 is 58.7 Å². The van der Waals surface area contributed by atoms with Crippen LogP contribution in [0.2, 0.25) is 0 Å². The van der Waals surface area contributed by atoms with Gasteiger partial charge in [-0.2, -0.15) is 0 Å². The molecule has 0 heterocycles. The molecule has 10 N–H and O–H groups in total. The number of quaternary nitrogens is 1. The average molecular weight is 602 g/mol. The number of aliphatic hydroxyl groups is 6. The Morgan fingerprint density at radius 3 is 1.82 bits per heavy atom. The van der Waals surface area contributed by atoms with E-state index in [0.29, 0.717) is 6.42 Å². The predicted molar refractivity (Wildman–Crippen MR) is 146 cm³/mol. The molecule has 1 rings (SSSR count). The Bertz CT molecular complexity index is 726. The summed E-state index contributed by atoms with van der Waals surface area (Å²) in [5, 5.41) is 58.4. The predicted octanol–water partition coefficient (Wildman–Crippen LogP) is 1.60. The zero-order valence-electron chi connectivity index (χ0n) is 23.9. The Balaban J connectivity index is 0.0000152. The number of allylic oxidation sites excluding steroid dienone is 2. The highest BCUT2D eigenvalue weighted by molar-refractivity contribution is 7.45. The number of phosphoric ester groups is 1. The van der Waals surface area contributed by atoms with Crippen LogP contribution in [0.15, 0.2) is 12.2 Å². The Hall–Kier alpha value is -0.960. The number of phosphoric acid groups is 1. The molecule has 14 heteroatoms. The summed E-state index contributed by atoms with van der Waals surface area (Å²) in [6, 6.07) is 0. The lowest BCUT2D eigenvalue weighted by atomic mass is 9.85. The molecule has 0 aliphatic heterocycles. The maximum Gasteiger partial charge on any atom is 0.305 e. The summed E-state index contributed by atoms with van der Waals surface area (Å²) in [4.78, 5) is 23.8. The zero-order chi connectivity index (χ0) is 29.3. The third-order valence-corrected chi connectivity index (χ3v) is 7.55. The maximum absolute atomic E-state index is 12.0. The summed E-state index contributed by atoms with van der Waals surface area (Å²) >= 11 is 0. The molecule has 8 atom stereocenters. The van der Waals surface area contributed by atoms with Gasteiger partial charge in [-0.05, 0) is 32.1 Å². The van der Waals surface area contributed by atoms with Crippen LogP contribution in [0, 0.1) is 0 Å². The molecule has 40 heavy (non-hydrogen) atoms. The van der Waals surface area contributed by atoms with Crippen molar-refractivity contribution in [3.63, 3.8) is 0 Å². The first-order chi connectivity index (χ1) is 18.5. The highest BCUT2D eigenvalue weighted by atomic mass is 31.2. The minimum absolute atomic E-state index is 0. The fourth-order valence-electron chi connectivity index (χ4n) is 4.15. The monoisotopic (exact) mass is 601 g/mol. The van der Waals surface area contributed by atoms with E-state index >= 15 is 0 Å². The van der Waals surface area contributed by atoms with Crippen molar-refractivity contribution >= 4 is 13.8 Å². The highest BCUT2D eigenvalue weighted by Gasteiger charge is 2.50. The quantitative estimate of drug-likeness (QED) is 0.0429. The van der Waals surface area contributed by atoms with Gasteiger partial charge in [0.2, 0.25) is 0 Å². The number of carbonyl (C=O) groups excluding carboxylic acids is 1. The fraction of sp³-hybridized carbons (Fsp3) is 0.885. The van der Waals surface area contributed by atoms with Crippen LogP contribution in [-0.2, 0) is 23.1 Å². The van der Waals surface area contributed by atoms with E-state index in [0.717, 1.165) is 44.9 Å². The van der Waals surface area contributed by atoms with E-state index in [1.54, 1.807) is 0 Å². The van der Waals surface area contributed by atoms with Crippen LogP contribution in [0.25, 0.3) is 0 Å². The summed E-state index contributed by atoms with van der Waals surface area (Å²) in [5.41, 5.74) is 0. The second-order valence-electron chi connectivity index (χ2n) is 10.1. The van der Waals surface area contributed by atoms with Gasteiger partial charge in [-0.15, -0.1) is 0 Å². The van der Waals surface area contributed by atoms with Gasteiger partial charge < -0.3 is 55.5 Å². The number of rotatable bonds is 21. The minimum atomic E-state index is -5.23. The number of hydrogen-bond acceptors (Lipinski definition) is 12. The fourth-order valence-corrected chi connectivity index (χ4v) is 5.11. The van der Waals surface area contributed by atoms with Crippen LogP contribution in [0.3, 0.4) is 0 Å². The van der Waals surface area contributed by atoms with Gasteiger partial charge in [-0.1, -0.05) is 64.0 Å². The van der Waals surface area contributed by atoms with Gasteiger partial charge >= 0.3 is 5.97 Å². The standard InChI is InChI=1S/C26H49O12P.H3N/c1-2-3-4-5-6-7-8-9-10-11-12-13-14-15-16-20(28)36-17-19(27)18-37-39(34,35)38-26-24(32)22(30)21(29)23(31)25(26)33;/h7-8,19,21-27,29-33H,2-6,9-18H2,1H3,(H,34,35);1H3/b8-7-;/t19-,21?,22-,23+,24-,25-,26?;/m1./s1. The highest BCUT2D eigenvalue weighted by Crippen LogP contribution is 2.43. The van der Waals surface area contributed by atoms with E-state index in [2.05, 4.69) is 28.1 Å². The molecule has 1 fully saturated rings. The van der Waals surface area contributed by atoms with Crippen LogP contribution in [0.4, 0.5) is 0 Å². The molecular formula is C26H52NO12P. The molecule has 1 aliphatic rings. The molecule has 0 aromatic carbocycles. The maximum atomic E-state index is 12.0. The number of aliphatic hydroxyl groups excluding tert-OH is 6. The third kappa shape index (κ3) is 15.9. The number of ether oxygens (including phenoxy) is 1. The molecule has 13 nitrogen and oxygen atoms in total. The molecule has 0 saturated heterocycles. The number of carbonyl (C=O) groups is 1. The molecule has 238 valence electrons. The summed E-state index contributed by atoms with van der Waals surface area (Å²) in [7, 11) is -5.23. The van der Waals surface area contributed by atoms with Crippen LogP contribution in [0.5, 0.6) is 0 Å². The molecule has 0 radical (unpaired) electrons. The Morgan fingerprint density at radius 2 is 1.27 bits per heavy atom. The first-order valence-electron chi connectivity index (χ1n) is 14.0. The molecule has 0 amide bonds. The van der Waals surface area contributed by atoms with Crippen molar-refractivity contribution in [1.82, 2.24) is 6.15 Å². The van der Waals surface area contributed by atoms with Crippen LogP contribution in [0.1, 0.15) is 90.4 Å². The zero-order valence-corrected chi connectivity index (χ0v) is 24.8. The van der Waals surface area contributed by atoms with E-state index in [-0.39, 0.29) is 12.6 Å². The van der Waals surface area contributed by atoms with Gasteiger partial charge in [0.1, 0.15) is 49.3 Å². The van der Waals surface area contributed by atoms with Crippen molar-refractivity contribution in [2.24, 2.45) is 0 Å². The van der Waals surface area contributed by atoms with E-state index in [4.69, 9.17) is 4.74 Å². The molecule has 0 aromatic heterocycles. The second-order valence-corrected chi connectivity index (χ2v) is 11.4. The lowest BCUT2D eigenvalue weighted by Gasteiger charge is -2.43. The molecule has 1 saturated carbocycles. The Labute approximate surface area is 237 Å². The van der Waals surface area contributed by atoms with Gasteiger partial charge in [0.15, 0.2) is 0 Å². The van der Waals surface area contributed by atoms with E-state index in [9.17, 15) is 44.9 Å². The topological polar surface area (TPSA) is 243 Å². The number of hydrogen-bond donors (Lipinski definition) is 7. The van der Waals surface area contributed by atoms with Crippen LogP contribution in [-0.4, -0.2) is 92.5 Å². The molecule has 0 spiro atoms. The van der Waals surface area contributed by atoms with Crippen molar-refractivity contribution in [3.8, 4) is 0 Å². The molecule has 1 aliphatic carbocycles.